The van der Waals surface area contributed by atoms with E-state index in [0.29, 0.717) is 36.1 Å². The number of hydrogen-bond donors (Lipinski definition) is 0. The highest BCUT2D eigenvalue weighted by molar-refractivity contribution is 7.91. The predicted octanol–water partition coefficient (Wildman–Crippen LogP) is 4.18. The summed E-state index contributed by atoms with van der Waals surface area (Å²) >= 11 is 1.41. The predicted molar refractivity (Wildman–Crippen MR) is 133 cm³/mol. The molecule has 2 aromatic heterocycles. The summed E-state index contributed by atoms with van der Waals surface area (Å²) in [6.45, 7) is 3.30. The Hall–Kier alpha value is -3.24. The summed E-state index contributed by atoms with van der Waals surface area (Å²) in [6, 6.07) is 15.8. The van der Waals surface area contributed by atoms with Crippen molar-refractivity contribution in [1.82, 2.24) is 14.8 Å². The van der Waals surface area contributed by atoms with Crippen LogP contribution in [0.3, 0.4) is 0 Å². The first kappa shape index (κ1) is 23.9. The number of para-hydroxylation sites is 1. The van der Waals surface area contributed by atoms with Crippen molar-refractivity contribution in [2.75, 3.05) is 23.8 Å². The number of carbonyl (C=O) groups excluding carboxylic acids is 1. The summed E-state index contributed by atoms with van der Waals surface area (Å²) in [5.41, 5.74) is 0.716. The number of thiazole rings is 1. The first-order valence-electron chi connectivity index (χ1n) is 11.1. The van der Waals surface area contributed by atoms with Gasteiger partial charge in [-0.15, -0.1) is 0 Å². The number of ether oxygens (including phenoxy) is 1. The zero-order valence-electron chi connectivity index (χ0n) is 18.8. The molecule has 0 atom stereocenters. The maximum Gasteiger partial charge on any atom is 0.228 e. The number of hydrogen-bond acceptors (Lipinski definition) is 7. The Balaban J connectivity index is 1.52. The lowest BCUT2D eigenvalue weighted by atomic mass is 10.3. The molecule has 4 aromatic rings. The number of carbonyl (C=O) groups is 1. The first-order chi connectivity index (χ1) is 16.5. The van der Waals surface area contributed by atoms with Crippen LogP contribution in [0.1, 0.15) is 19.8 Å². The second-order valence-electron chi connectivity index (χ2n) is 7.58. The van der Waals surface area contributed by atoms with Gasteiger partial charge in [0.2, 0.25) is 5.91 Å². The number of sulfone groups is 1. The fourth-order valence-corrected chi connectivity index (χ4v) is 5.91. The van der Waals surface area contributed by atoms with Crippen LogP contribution in [0.15, 0.2) is 71.9 Å². The van der Waals surface area contributed by atoms with Crippen molar-refractivity contribution in [2.45, 2.75) is 31.2 Å². The molecule has 0 spiro atoms. The zero-order valence-corrected chi connectivity index (χ0v) is 20.5. The topological polar surface area (TPSA) is 94.4 Å². The highest BCUT2D eigenvalue weighted by Crippen LogP contribution is 2.34. The molecule has 0 saturated heterocycles. The molecule has 4 rings (SSSR count). The largest absolute Gasteiger partial charge is 0.492 e. The van der Waals surface area contributed by atoms with Crippen LogP contribution in [-0.4, -0.2) is 48.0 Å². The van der Waals surface area contributed by atoms with Crippen LogP contribution in [0.5, 0.6) is 5.75 Å². The fourth-order valence-electron chi connectivity index (χ4n) is 3.56. The Bertz CT molecular complexity index is 1340. The van der Waals surface area contributed by atoms with E-state index < -0.39 is 9.84 Å². The standard InChI is InChI=1S/C24H26N4O4S2/c1-2-32-20-11-6-12-21-23(20)26-24(33-21)28(17-16-27-15-8-14-25-27)22(29)13-7-18-34(30,31)19-9-4-3-5-10-19/h3-6,8-12,14-15H,2,7,13,16-18H2,1H3. The number of anilines is 1. The molecule has 0 aliphatic heterocycles. The molecule has 0 fully saturated rings. The minimum Gasteiger partial charge on any atom is -0.492 e. The smallest absolute Gasteiger partial charge is 0.228 e. The molecule has 0 saturated carbocycles. The third kappa shape index (κ3) is 5.63. The summed E-state index contributed by atoms with van der Waals surface area (Å²) in [5.74, 6) is 0.410. The molecule has 1 amide bonds. The average molecular weight is 499 g/mol. The summed E-state index contributed by atoms with van der Waals surface area (Å²) in [6.07, 6.45) is 3.84. The number of aromatic nitrogens is 3. The minimum atomic E-state index is -3.44. The van der Waals surface area contributed by atoms with E-state index in [1.54, 1.807) is 46.1 Å². The van der Waals surface area contributed by atoms with Crippen LogP contribution < -0.4 is 9.64 Å². The number of nitrogens with zero attached hydrogens (tertiary/aromatic N) is 4. The second-order valence-corrected chi connectivity index (χ2v) is 10.7. The van der Waals surface area contributed by atoms with Gasteiger partial charge in [-0.05, 0) is 43.7 Å². The maximum atomic E-state index is 13.2. The zero-order chi connectivity index (χ0) is 24.0. The van der Waals surface area contributed by atoms with E-state index in [1.165, 1.54) is 11.3 Å². The van der Waals surface area contributed by atoms with Gasteiger partial charge in [-0.2, -0.15) is 5.10 Å². The molecule has 0 aliphatic carbocycles. The Morgan fingerprint density at radius 1 is 1.12 bits per heavy atom. The normalized spacial score (nSPS) is 11.6. The van der Waals surface area contributed by atoms with Crippen LogP contribution in [0.25, 0.3) is 10.2 Å². The number of fused-ring (bicyclic) bond motifs is 1. The summed E-state index contributed by atoms with van der Waals surface area (Å²) in [5, 5.41) is 4.77. The van der Waals surface area contributed by atoms with Crippen molar-refractivity contribution >= 4 is 42.4 Å². The molecule has 2 heterocycles. The Morgan fingerprint density at radius 3 is 2.68 bits per heavy atom. The molecule has 34 heavy (non-hydrogen) atoms. The van der Waals surface area contributed by atoms with Gasteiger partial charge in [-0.1, -0.05) is 35.6 Å². The monoisotopic (exact) mass is 498 g/mol. The Labute approximate surface area is 202 Å². The van der Waals surface area contributed by atoms with Crippen LogP contribution in [0.2, 0.25) is 0 Å². The molecular weight excluding hydrogens is 472 g/mol. The lowest BCUT2D eigenvalue weighted by molar-refractivity contribution is -0.118. The van der Waals surface area contributed by atoms with Crippen molar-refractivity contribution in [2.24, 2.45) is 0 Å². The molecule has 178 valence electrons. The van der Waals surface area contributed by atoms with Crippen LogP contribution in [-0.2, 0) is 21.2 Å². The SMILES string of the molecule is CCOc1cccc2sc(N(CCn3cccn3)C(=O)CCCS(=O)(=O)c3ccccc3)nc12. The van der Waals surface area contributed by atoms with E-state index in [-0.39, 0.29) is 29.4 Å². The van der Waals surface area contributed by atoms with E-state index in [9.17, 15) is 13.2 Å². The second kappa shape index (κ2) is 10.8. The van der Waals surface area contributed by atoms with Crippen molar-refractivity contribution in [3.05, 3.63) is 67.0 Å². The van der Waals surface area contributed by atoms with Gasteiger partial charge in [-0.25, -0.2) is 13.4 Å². The van der Waals surface area contributed by atoms with Crippen molar-refractivity contribution in [1.29, 1.82) is 0 Å². The average Bonchev–Trinajstić information content (AvgIpc) is 3.50. The molecule has 2 aromatic carbocycles. The fraction of sp³-hybridized carbons (Fsp3) is 0.292. The lowest BCUT2D eigenvalue weighted by Gasteiger charge is -2.20. The van der Waals surface area contributed by atoms with Crippen molar-refractivity contribution < 1.29 is 17.9 Å². The minimum absolute atomic E-state index is 0.0932. The third-order valence-corrected chi connectivity index (χ3v) is 8.08. The molecule has 0 N–H and O–H groups in total. The number of rotatable bonds is 11. The molecule has 0 radical (unpaired) electrons. The molecule has 0 unspecified atom stereocenters. The number of amides is 1. The highest BCUT2D eigenvalue weighted by atomic mass is 32.2. The summed E-state index contributed by atoms with van der Waals surface area (Å²) in [4.78, 5) is 19.9. The van der Waals surface area contributed by atoms with E-state index in [1.807, 2.05) is 37.4 Å². The quantitative estimate of drug-likeness (QED) is 0.308. The van der Waals surface area contributed by atoms with Crippen LogP contribution in [0.4, 0.5) is 5.13 Å². The van der Waals surface area contributed by atoms with Crippen molar-refractivity contribution in [3.63, 3.8) is 0 Å². The van der Waals surface area contributed by atoms with E-state index in [4.69, 9.17) is 9.72 Å². The molecule has 0 bridgehead atoms. The molecule has 8 nitrogen and oxygen atoms in total. The third-order valence-electron chi connectivity index (χ3n) is 5.22. The van der Waals surface area contributed by atoms with Gasteiger partial charge in [0.1, 0.15) is 11.3 Å². The number of benzene rings is 2. The van der Waals surface area contributed by atoms with Gasteiger partial charge in [0, 0.05) is 25.4 Å². The van der Waals surface area contributed by atoms with Crippen LogP contribution in [0, 0.1) is 0 Å². The van der Waals surface area contributed by atoms with Gasteiger partial charge < -0.3 is 4.74 Å². The Kier molecular flexibility index (Phi) is 7.59. The van der Waals surface area contributed by atoms with E-state index >= 15 is 0 Å². The Morgan fingerprint density at radius 2 is 1.94 bits per heavy atom. The highest BCUT2D eigenvalue weighted by Gasteiger charge is 2.22. The van der Waals surface area contributed by atoms with E-state index in [0.717, 1.165) is 4.70 Å². The van der Waals surface area contributed by atoms with Gasteiger partial charge in [0.15, 0.2) is 15.0 Å². The molecule has 10 heteroatoms. The molecular formula is C24H26N4O4S2. The summed E-state index contributed by atoms with van der Waals surface area (Å²) < 4.78 is 33.5. The van der Waals surface area contributed by atoms with Crippen LogP contribution >= 0.6 is 11.3 Å². The van der Waals surface area contributed by atoms with Gasteiger partial charge >= 0.3 is 0 Å². The first-order valence-corrected chi connectivity index (χ1v) is 13.5. The van der Waals surface area contributed by atoms with E-state index in [2.05, 4.69) is 5.10 Å². The maximum absolute atomic E-state index is 13.2. The lowest BCUT2D eigenvalue weighted by Crippen LogP contribution is -2.34. The molecule has 0 aliphatic rings. The van der Waals surface area contributed by atoms with Crippen molar-refractivity contribution in [3.8, 4) is 5.75 Å². The van der Waals surface area contributed by atoms with Gasteiger partial charge in [0.05, 0.1) is 28.5 Å². The van der Waals surface area contributed by atoms with Gasteiger partial charge in [-0.3, -0.25) is 14.4 Å². The van der Waals surface area contributed by atoms with Gasteiger partial charge in [0.25, 0.3) is 0 Å². The summed E-state index contributed by atoms with van der Waals surface area (Å²) in [7, 11) is -3.44.